The number of ether oxygens (including phenoxy) is 1. The Labute approximate surface area is 213 Å². The number of aryl methyl sites for hydroxylation is 2. The Balaban J connectivity index is 1.83. The molecule has 6 nitrogen and oxygen atoms in total. The van der Waals surface area contributed by atoms with Gasteiger partial charge in [-0.25, -0.2) is 9.79 Å². The summed E-state index contributed by atoms with van der Waals surface area (Å²) in [5.41, 5.74) is 3.75. The van der Waals surface area contributed by atoms with Gasteiger partial charge in [-0.2, -0.15) is 0 Å². The SMILES string of the molecule is Cc1cc(N=C2NC(=O)/C(=C/c3cc(I)c(OCC(=O)O)c(I)c3)S2)cc(C)c1Br. The molecule has 2 aromatic rings. The number of thioether (sulfide) groups is 1. The highest BCUT2D eigenvalue weighted by molar-refractivity contribution is 14.1. The molecule has 0 spiro atoms. The number of aliphatic carboxylic acids is 1. The summed E-state index contributed by atoms with van der Waals surface area (Å²) in [6.45, 7) is 3.60. The van der Waals surface area contributed by atoms with E-state index in [1.54, 1.807) is 6.08 Å². The zero-order valence-corrected chi connectivity index (χ0v) is 22.5. The summed E-state index contributed by atoms with van der Waals surface area (Å²) in [5.74, 6) is -0.720. The Kier molecular flexibility index (Phi) is 7.85. The molecule has 2 aromatic carbocycles. The molecular weight excluding hydrogens is 698 g/mol. The summed E-state index contributed by atoms with van der Waals surface area (Å²) < 4.78 is 7.93. The fourth-order valence-electron chi connectivity index (χ4n) is 2.67. The van der Waals surface area contributed by atoms with E-state index in [4.69, 9.17) is 9.84 Å². The Morgan fingerprint density at radius 2 is 1.83 bits per heavy atom. The number of nitrogens with one attached hydrogen (secondary N) is 1. The molecule has 1 heterocycles. The fraction of sp³-hybridized carbons (Fsp3) is 0.150. The molecule has 0 unspecified atom stereocenters. The Morgan fingerprint density at radius 1 is 1.23 bits per heavy atom. The van der Waals surface area contributed by atoms with Crippen LogP contribution < -0.4 is 10.1 Å². The predicted molar refractivity (Wildman–Crippen MR) is 139 cm³/mol. The molecule has 10 heteroatoms. The van der Waals surface area contributed by atoms with Crippen molar-refractivity contribution in [3.8, 4) is 5.75 Å². The number of carbonyl (C=O) groups is 2. The number of carboxylic acids is 1. The van der Waals surface area contributed by atoms with Gasteiger partial charge in [-0.15, -0.1) is 0 Å². The van der Waals surface area contributed by atoms with Crippen LogP contribution in [0.5, 0.6) is 5.75 Å². The molecule has 0 atom stereocenters. The third-order valence-corrected chi connectivity index (χ3v) is 7.72. The molecule has 156 valence electrons. The number of hydrogen-bond donors (Lipinski definition) is 2. The number of carboxylic acid groups (broad SMARTS) is 1. The molecule has 0 saturated carbocycles. The van der Waals surface area contributed by atoms with Crippen LogP contribution in [0.15, 0.2) is 38.6 Å². The van der Waals surface area contributed by atoms with Crippen LogP contribution in [0, 0.1) is 21.0 Å². The fourth-order valence-corrected chi connectivity index (χ4v) is 5.87. The molecule has 1 aliphatic heterocycles. The van der Waals surface area contributed by atoms with Crippen molar-refractivity contribution < 1.29 is 19.4 Å². The number of carbonyl (C=O) groups excluding carboxylic acids is 1. The number of benzene rings is 2. The zero-order chi connectivity index (χ0) is 22.0. The van der Waals surface area contributed by atoms with E-state index < -0.39 is 12.6 Å². The molecule has 0 aliphatic carbocycles. The lowest BCUT2D eigenvalue weighted by atomic mass is 10.1. The lowest BCUT2D eigenvalue weighted by Gasteiger charge is -2.09. The largest absolute Gasteiger partial charge is 0.480 e. The Bertz CT molecular complexity index is 1070. The third kappa shape index (κ3) is 5.77. The van der Waals surface area contributed by atoms with Gasteiger partial charge in [-0.3, -0.25) is 4.79 Å². The lowest BCUT2D eigenvalue weighted by Crippen LogP contribution is -2.19. The van der Waals surface area contributed by atoms with Gasteiger partial charge < -0.3 is 15.2 Å². The predicted octanol–water partition coefficient (Wildman–Crippen LogP) is 5.63. The van der Waals surface area contributed by atoms with E-state index in [1.165, 1.54) is 11.8 Å². The van der Waals surface area contributed by atoms with Gasteiger partial charge in [0.25, 0.3) is 5.91 Å². The highest BCUT2D eigenvalue weighted by atomic mass is 127. The van der Waals surface area contributed by atoms with Crippen LogP contribution in [0.25, 0.3) is 6.08 Å². The Hall–Kier alpha value is -1.12. The topological polar surface area (TPSA) is 88.0 Å². The van der Waals surface area contributed by atoms with E-state index in [1.807, 2.05) is 38.1 Å². The first-order chi connectivity index (χ1) is 14.1. The van der Waals surface area contributed by atoms with E-state index in [0.717, 1.165) is 34.0 Å². The second kappa shape index (κ2) is 10.0. The Morgan fingerprint density at radius 3 is 2.40 bits per heavy atom. The maximum absolute atomic E-state index is 12.4. The number of halogens is 3. The van der Waals surface area contributed by atoms with E-state index in [0.29, 0.717) is 15.8 Å². The maximum Gasteiger partial charge on any atom is 0.341 e. The van der Waals surface area contributed by atoms with Crippen LogP contribution in [0.3, 0.4) is 0 Å². The van der Waals surface area contributed by atoms with Crippen molar-refractivity contribution >= 4 is 102 Å². The summed E-state index contributed by atoms with van der Waals surface area (Å²) in [5, 5.41) is 12.1. The number of amides is 1. The van der Waals surface area contributed by atoms with E-state index in [9.17, 15) is 9.59 Å². The molecule has 0 aromatic heterocycles. The monoisotopic (exact) mass is 712 g/mol. The van der Waals surface area contributed by atoms with Crippen molar-refractivity contribution in [2.45, 2.75) is 13.8 Å². The van der Waals surface area contributed by atoms with Crippen LogP contribution in [-0.2, 0) is 9.59 Å². The first-order valence-electron chi connectivity index (χ1n) is 8.54. The van der Waals surface area contributed by atoms with Gasteiger partial charge in [0.1, 0.15) is 5.75 Å². The lowest BCUT2D eigenvalue weighted by molar-refractivity contribution is -0.139. The molecule has 3 rings (SSSR count). The average Bonchev–Trinajstić information content (AvgIpc) is 2.97. The second-order valence-corrected chi connectivity index (χ2v) is 10.5. The van der Waals surface area contributed by atoms with Crippen molar-refractivity contribution in [1.29, 1.82) is 0 Å². The van der Waals surface area contributed by atoms with Crippen molar-refractivity contribution in [3.63, 3.8) is 0 Å². The first-order valence-corrected chi connectivity index (χ1v) is 12.3. The van der Waals surface area contributed by atoms with Gasteiger partial charge in [-0.05, 0) is 118 Å². The summed E-state index contributed by atoms with van der Waals surface area (Å²) in [7, 11) is 0. The van der Waals surface area contributed by atoms with Gasteiger partial charge in [-0.1, -0.05) is 15.9 Å². The number of rotatable bonds is 5. The molecule has 30 heavy (non-hydrogen) atoms. The molecular formula is C20H15BrI2N2O4S. The molecule has 1 amide bonds. The number of hydrogen-bond acceptors (Lipinski definition) is 5. The molecule has 1 saturated heterocycles. The van der Waals surface area contributed by atoms with Gasteiger partial charge in [0, 0.05) is 4.47 Å². The molecule has 2 N–H and O–H groups in total. The van der Waals surface area contributed by atoms with Crippen molar-refractivity contribution in [2.24, 2.45) is 4.99 Å². The van der Waals surface area contributed by atoms with Crippen LogP contribution in [0.2, 0.25) is 0 Å². The van der Waals surface area contributed by atoms with Crippen LogP contribution in [0.4, 0.5) is 5.69 Å². The maximum atomic E-state index is 12.4. The highest BCUT2D eigenvalue weighted by Crippen LogP contribution is 2.33. The normalized spacial score (nSPS) is 16.2. The van der Waals surface area contributed by atoms with Gasteiger partial charge in [0.05, 0.1) is 17.7 Å². The van der Waals surface area contributed by atoms with Crippen LogP contribution in [0.1, 0.15) is 16.7 Å². The summed E-state index contributed by atoms with van der Waals surface area (Å²) in [4.78, 5) is 28.2. The van der Waals surface area contributed by atoms with Crippen LogP contribution in [-0.4, -0.2) is 28.8 Å². The number of nitrogens with zero attached hydrogens (tertiary/aromatic N) is 1. The number of aliphatic imine (C=N–C) groups is 1. The van der Waals surface area contributed by atoms with Gasteiger partial charge in [0.2, 0.25) is 0 Å². The first kappa shape index (κ1) is 23.5. The van der Waals surface area contributed by atoms with Crippen LogP contribution >= 0.6 is 72.9 Å². The van der Waals surface area contributed by atoms with E-state index >= 15 is 0 Å². The van der Waals surface area contributed by atoms with E-state index in [-0.39, 0.29) is 5.91 Å². The minimum absolute atomic E-state index is 0.208. The number of amidine groups is 1. The summed E-state index contributed by atoms with van der Waals surface area (Å²) in [6.07, 6.45) is 1.78. The molecule has 1 fully saturated rings. The molecule has 0 radical (unpaired) electrons. The van der Waals surface area contributed by atoms with Crippen molar-refractivity contribution in [1.82, 2.24) is 5.32 Å². The highest BCUT2D eigenvalue weighted by Gasteiger charge is 2.24. The quantitative estimate of drug-likeness (QED) is 0.310. The second-order valence-electron chi connectivity index (χ2n) is 6.37. The van der Waals surface area contributed by atoms with Gasteiger partial charge in [0.15, 0.2) is 11.8 Å². The molecule has 1 aliphatic rings. The minimum Gasteiger partial charge on any atom is -0.480 e. The standard InChI is InChI=1S/C20H15BrI2N2O4S/c1-9-3-12(4-10(2)17(9)21)24-20-25-19(28)15(30-20)7-11-5-13(22)18(14(23)6-11)29-8-16(26)27/h3-7H,8H2,1-2H3,(H,26,27)(H,24,25,28)/b15-7-. The summed E-state index contributed by atoms with van der Waals surface area (Å²) >= 11 is 9.01. The van der Waals surface area contributed by atoms with Crippen molar-refractivity contribution in [3.05, 3.63) is 57.5 Å². The molecule has 0 bridgehead atoms. The smallest absolute Gasteiger partial charge is 0.341 e. The van der Waals surface area contributed by atoms with Gasteiger partial charge >= 0.3 is 5.97 Å². The van der Waals surface area contributed by atoms with Crippen molar-refractivity contribution in [2.75, 3.05) is 6.61 Å². The van der Waals surface area contributed by atoms with E-state index in [2.05, 4.69) is 71.4 Å². The minimum atomic E-state index is -1.03. The summed E-state index contributed by atoms with van der Waals surface area (Å²) in [6, 6.07) is 7.60. The zero-order valence-electron chi connectivity index (χ0n) is 15.8. The third-order valence-electron chi connectivity index (χ3n) is 3.96. The average molecular weight is 713 g/mol.